The number of sulfonamides is 1. The van der Waals surface area contributed by atoms with Gasteiger partial charge in [0.05, 0.1) is 12.3 Å². The van der Waals surface area contributed by atoms with Crippen molar-refractivity contribution in [2.24, 2.45) is 11.0 Å². The highest BCUT2D eigenvalue weighted by atomic mass is 32.2. The number of benzene rings is 1. The Morgan fingerprint density at radius 3 is 2.48 bits per heavy atom. The van der Waals surface area contributed by atoms with Gasteiger partial charge in [0.1, 0.15) is 0 Å². The minimum atomic E-state index is -3.32. The minimum absolute atomic E-state index is 0.154. The lowest BCUT2D eigenvalue weighted by atomic mass is 9.91. The molecule has 1 heterocycles. The van der Waals surface area contributed by atoms with Crippen molar-refractivity contribution in [1.29, 1.82) is 0 Å². The topological polar surface area (TPSA) is 49.7 Å². The molecule has 21 heavy (non-hydrogen) atoms. The van der Waals surface area contributed by atoms with E-state index in [4.69, 9.17) is 0 Å². The van der Waals surface area contributed by atoms with E-state index in [-0.39, 0.29) is 12.0 Å². The highest BCUT2D eigenvalue weighted by Crippen LogP contribution is 2.44. The Balaban J connectivity index is 1.98. The predicted octanol–water partition coefficient (Wildman–Crippen LogP) is 3.28. The molecule has 0 radical (unpaired) electrons. The third-order valence-corrected chi connectivity index (χ3v) is 5.49. The SMILES string of the molecule is CC(C)c1ccc(C2C3CCCC3=NN2S(C)(=O)=O)cc1. The number of hydrazone groups is 1. The van der Waals surface area contributed by atoms with Crippen LogP contribution < -0.4 is 0 Å². The van der Waals surface area contributed by atoms with Crippen molar-refractivity contribution in [2.75, 3.05) is 6.26 Å². The van der Waals surface area contributed by atoms with E-state index in [9.17, 15) is 8.42 Å². The van der Waals surface area contributed by atoms with E-state index >= 15 is 0 Å². The summed E-state index contributed by atoms with van der Waals surface area (Å²) in [6, 6.07) is 8.18. The molecule has 0 N–H and O–H groups in total. The van der Waals surface area contributed by atoms with E-state index in [0.29, 0.717) is 5.92 Å². The molecular formula is C16H22N2O2S. The van der Waals surface area contributed by atoms with Gasteiger partial charge in [0.25, 0.3) is 0 Å². The molecule has 5 heteroatoms. The van der Waals surface area contributed by atoms with Crippen LogP contribution in [-0.2, 0) is 10.0 Å². The molecule has 0 saturated heterocycles. The Bertz CT molecular complexity index is 662. The van der Waals surface area contributed by atoms with Gasteiger partial charge in [-0.1, -0.05) is 38.1 Å². The van der Waals surface area contributed by atoms with Crippen molar-refractivity contribution in [3.8, 4) is 0 Å². The maximum atomic E-state index is 12.0. The van der Waals surface area contributed by atoms with Crippen LogP contribution in [0.15, 0.2) is 29.4 Å². The van der Waals surface area contributed by atoms with E-state index in [0.717, 1.165) is 30.5 Å². The van der Waals surface area contributed by atoms with Crippen molar-refractivity contribution in [3.05, 3.63) is 35.4 Å². The van der Waals surface area contributed by atoms with Gasteiger partial charge in [-0.25, -0.2) is 8.42 Å². The summed E-state index contributed by atoms with van der Waals surface area (Å²) < 4.78 is 25.4. The average molecular weight is 306 g/mol. The lowest BCUT2D eigenvalue weighted by molar-refractivity contribution is 0.320. The van der Waals surface area contributed by atoms with Crippen LogP contribution in [0, 0.1) is 5.92 Å². The summed E-state index contributed by atoms with van der Waals surface area (Å²) in [5, 5.41) is 4.40. The lowest BCUT2D eigenvalue weighted by Gasteiger charge is -2.26. The Morgan fingerprint density at radius 2 is 1.90 bits per heavy atom. The highest BCUT2D eigenvalue weighted by molar-refractivity contribution is 7.88. The Labute approximate surface area is 126 Å². The zero-order chi connectivity index (χ0) is 15.2. The lowest BCUT2D eigenvalue weighted by Crippen LogP contribution is -2.29. The summed E-state index contributed by atoms with van der Waals surface area (Å²) in [7, 11) is -3.32. The fourth-order valence-electron chi connectivity index (χ4n) is 3.38. The van der Waals surface area contributed by atoms with E-state index in [2.05, 4.69) is 43.2 Å². The van der Waals surface area contributed by atoms with Crippen molar-refractivity contribution < 1.29 is 8.42 Å². The maximum absolute atomic E-state index is 12.0. The molecule has 1 aliphatic carbocycles. The molecule has 2 unspecified atom stereocenters. The van der Waals surface area contributed by atoms with E-state index in [1.54, 1.807) is 0 Å². The molecular weight excluding hydrogens is 284 g/mol. The highest BCUT2D eigenvalue weighted by Gasteiger charge is 2.44. The van der Waals surface area contributed by atoms with Crippen LogP contribution in [0.2, 0.25) is 0 Å². The first-order chi connectivity index (χ1) is 9.88. The van der Waals surface area contributed by atoms with Crippen molar-refractivity contribution in [1.82, 2.24) is 4.41 Å². The minimum Gasteiger partial charge on any atom is -0.205 e. The second kappa shape index (κ2) is 5.13. The quantitative estimate of drug-likeness (QED) is 0.860. The molecule has 1 aliphatic heterocycles. The largest absolute Gasteiger partial charge is 0.247 e. The summed E-state index contributed by atoms with van der Waals surface area (Å²) in [5.41, 5.74) is 3.38. The summed E-state index contributed by atoms with van der Waals surface area (Å²) in [6.45, 7) is 4.32. The molecule has 0 aromatic heterocycles. The van der Waals surface area contributed by atoms with Crippen LogP contribution in [0.3, 0.4) is 0 Å². The van der Waals surface area contributed by atoms with E-state index in [1.165, 1.54) is 16.2 Å². The fraction of sp³-hybridized carbons (Fsp3) is 0.562. The van der Waals surface area contributed by atoms with Crippen LogP contribution in [0.5, 0.6) is 0 Å². The van der Waals surface area contributed by atoms with Gasteiger partial charge < -0.3 is 0 Å². The molecule has 2 atom stereocenters. The molecule has 1 aromatic carbocycles. The Morgan fingerprint density at radius 1 is 1.24 bits per heavy atom. The smallest absolute Gasteiger partial charge is 0.205 e. The van der Waals surface area contributed by atoms with Crippen LogP contribution in [0.1, 0.15) is 56.2 Å². The van der Waals surface area contributed by atoms with Gasteiger partial charge in [-0.3, -0.25) is 0 Å². The van der Waals surface area contributed by atoms with Gasteiger partial charge in [-0.05, 0) is 36.3 Å². The molecule has 1 saturated carbocycles. The number of fused-ring (bicyclic) bond motifs is 1. The number of nitrogens with zero attached hydrogens (tertiary/aromatic N) is 2. The van der Waals surface area contributed by atoms with Gasteiger partial charge in [-0.2, -0.15) is 9.52 Å². The zero-order valence-corrected chi connectivity index (χ0v) is 13.6. The maximum Gasteiger partial charge on any atom is 0.247 e. The predicted molar refractivity (Wildman–Crippen MR) is 84.7 cm³/mol. The van der Waals surface area contributed by atoms with Crippen LogP contribution in [-0.4, -0.2) is 24.8 Å². The zero-order valence-electron chi connectivity index (χ0n) is 12.8. The second-order valence-electron chi connectivity index (χ2n) is 6.39. The number of rotatable bonds is 3. The van der Waals surface area contributed by atoms with Crippen LogP contribution >= 0.6 is 0 Å². The monoisotopic (exact) mass is 306 g/mol. The molecule has 0 bridgehead atoms. The van der Waals surface area contributed by atoms with E-state index < -0.39 is 10.0 Å². The summed E-state index contributed by atoms with van der Waals surface area (Å²) in [4.78, 5) is 0. The van der Waals surface area contributed by atoms with Crippen LogP contribution in [0.25, 0.3) is 0 Å². The first-order valence-electron chi connectivity index (χ1n) is 7.54. The first kappa shape index (κ1) is 14.6. The van der Waals surface area contributed by atoms with Gasteiger partial charge in [0.2, 0.25) is 10.0 Å². The summed E-state index contributed by atoms with van der Waals surface area (Å²) in [5.74, 6) is 0.733. The standard InChI is InChI=1S/C16H22N2O2S/c1-11(2)12-7-9-13(10-8-12)16-14-5-4-6-15(14)17-18(16)21(3,19)20/h7-11,14,16H,4-6H2,1-3H3. The first-order valence-corrected chi connectivity index (χ1v) is 9.39. The third kappa shape index (κ3) is 2.59. The summed E-state index contributed by atoms with van der Waals surface area (Å²) in [6.07, 6.45) is 4.31. The van der Waals surface area contributed by atoms with Gasteiger partial charge in [0, 0.05) is 11.6 Å². The van der Waals surface area contributed by atoms with Crippen molar-refractivity contribution >= 4 is 15.7 Å². The molecule has 4 nitrogen and oxygen atoms in total. The van der Waals surface area contributed by atoms with Gasteiger partial charge in [-0.15, -0.1) is 0 Å². The molecule has 1 fully saturated rings. The molecule has 0 spiro atoms. The molecule has 0 amide bonds. The van der Waals surface area contributed by atoms with Gasteiger partial charge >= 0.3 is 0 Å². The Kier molecular flexibility index (Phi) is 3.56. The molecule has 3 rings (SSSR count). The number of hydrogen-bond acceptors (Lipinski definition) is 3. The second-order valence-corrected chi connectivity index (χ2v) is 8.23. The van der Waals surface area contributed by atoms with Crippen molar-refractivity contribution in [3.63, 3.8) is 0 Å². The molecule has 114 valence electrons. The van der Waals surface area contributed by atoms with Gasteiger partial charge in [0.15, 0.2) is 0 Å². The van der Waals surface area contributed by atoms with Crippen molar-refractivity contribution in [2.45, 2.75) is 45.1 Å². The third-order valence-electron chi connectivity index (χ3n) is 4.51. The molecule has 2 aliphatic rings. The van der Waals surface area contributed by atoms with Crippen LogP contribution in [0.4, 0.5) is 0 Å². The normalized spacial score (nSPS) is 25.3. The fourth-order valence-corrected chi connectivity index (χ4v) is 4.31. The average Bonchev–Trinajstić information content (AvgIpc) is 2.97. The van der Waals surface area contributed by atoms with E-state index in [1.807, 2.05) is 0 Å². The molecule has 1 aromatic rings. The number of hydrogen-bond donors (Lipinski definition) is 0. The Hall–Kier alpha value is -1.36. The summed E-state index contributed by atoms with van der Waals surface area (Å²) >= 11 is 0.